The average molecular weight is 284 g/mol. The molecule has 0 aromatic carbocycles. The Bertz CT molecular complexity index is 390. The number of fused-ring (bicyclic) bond motifs is 2. The number of ether oxygens (including phenoxy) is 3. The van der Waals surface area contributed by atoms with Gasteiger partial charge in [0.15, 0.2) is 6.79 Å². The molecule has 0 aromatic rings. The first kappa shape index (κ1) is 15.3. The van der Waals surface area contributed by atoms with Gasteiger partial charge in [0.05, 0.1) is 5.60 Å². The van der Waals surface area contributed by atoms with Crippen molar-refractivity contribution in [1.82, 2.24) is 0 Å². The van der Waals surface area contributed by atoms with Crippen molar-refractivity contribution in [2.45, 2.75) is 58.7 Å². The number of hydrogen-bond donors (Lipinski definition) is 0. The summed E-state index contributed by atoms with van der Waals surface area (Å²) in [5.41, 5.74) is -0.477. The fraction of sp³-hybridized carbons (Fsp3) is 0.867. The average Bonchev–Trinajstić information content (AvgIpc) is 2.87. The molecule has 0 aliphatic heterocycles. The fourth-order valence-electron chi connectivity index (χ4n) is 3.92. The van der Waals surface area contributed by atoms with Gasteiger partial charge in [-0.05, 0) is 44.9 Å². The highest BCUT2D eigenvalue weighted by Gasteiger charge is 2.55. The van der Waals surface area contributed by atoms with Gasteiger partial charge >= 0.3 is 11.9 Å². The Labute approximate surface area is 120 Å². The molecule has 5 nitrogen and oxygen atoms in total. The Morgan fingerprint density at radius 1 is 1.10 bits per heavy atom. The van der Waals surface area contributed by atoms with E-state index in [0.29, 0.717) is 11.8 Å². The lowest BCUT2D eigenvalue weighted by Gasteiger charge is -2.41. The third-order valence-electron chi connectivity index (χ3n) is 4.64. The Kier molecular flexibility index (Phi) is 4.37. The predicted octanol–water partition coefficient (Wildman–Crippen LogP) is 2.28. The van der Waals surface area contributed by atoms with Gasteiger partial charge in [0.25, 0.3) is 0 Å². The van der Waals surface area contributed by atoms with Gasteiger partial charge in [0.1, 0.15) is 6.10 Å². The summed E-state index contributed by atoms with van der Waals surface area (Å²) in [6.07, 6.45) is 3.31. The monoisotopic (exact) mass is 284 g/mol. The first-order valence-electron chi connectivity index (χ1n) is 7.26. The van der Waals surface area contributed by atoms with Crippen LogP contribution in [0.2, 0.25) is 0 Å². The Morgan fingerprint density at radius 2 is 1.75 bits per heavy atom. The molecule has 0 spiro atoms. The lowest BCUT2D eigenvalue weighted by atomic mass is 9.76. The van der Waals surface area contributed by atoms with E-state index in [1.54, 1.807) is 0 Å². The van der Waals surface area contributed by atoms with E-state index < -0.39 is 5.60 Å². The Balaban J connectivity index is 2.03. The van der Waals surface area contributed by atoms with E-state index in [9.17, 15) is 9.59 Å². The van der Waals surface area contributed by atoms with Crippen molar-refractivity contribution in [3.63, 3.8) is 0 Å². The number of esters is 2. The first-order chi connectivity index (χ1) is 9.31. The molecule has 2 saturated carbocycles. The molecule has 0 aromatic heterocycles. The summed E-state index contributed by atoms with van der Waals surface area (Å²) in [5, 5.41) is 0. The summed E-state index contributed by atoms with van der Waals surface area (Å²) >= 11 is 0. The molecule has 2 bridgehead atoms. The zero-order chi connectivity index (χ0) is 14.9. The molecule has 4 atom stereocenters. The summed E-state index contributed by atoms with van der Waals surface area (Å²) < 4.78 is 16.2. The number of carbonyl (C=O) groups is 2. The maximum Gasteiger partial charge on any atom is 0.304 e. The smallest absolute Gasteiger partial charge is 0.304 e. The van der Waals surface area contributed by atoms with Gasteiger partial charge in [0.2, 0.25) is 0 Å². The van der Waals surface area contributed by atoms with Crippen LogP contribution < -0.4 is 0 Å². The van der Waals surface area contributed by atoms with Gasteiger partial charge in [-0.1, -0.05) is 0 Å². The predicted molar refractivity (Wildman–Crippen MR) is 71.7 cm³/mol. The summed E-state index contributed by atoms with van der Waals surface area (Å²) in [5.74, 6) is 0.552. The molecule has 0 saturated heterocycles. The molecule has 0 unspecified atom stereocenters. The minimum Gasteiger partial charge on any atom is -0.462 e. The molecule has 5 heteroatoms. The van der Waals surface area contributed by atoms with Crippen LogP contribution in [0.5, 0.6) is 0 Å². The second kappa shape index (κ2) is 5.72. The molecule has 2 aliphatic carbocycles. The quantitative estimate of drug-likeness (QED) is 0.572. The van der Waals surface area contributed by atoms with Gasteiger partial charge in [-0.2, -0.15) is 0 Å². The van der Waals surface area contributed by atoms with Crippen LogP contribution in [0.3, 0.4) is 0 Å². The summed E-state index contributed by atoms with van der Waals surface area (Å²) in [6.45, 7) is 6.73. The van der Waals surface area contributed by atoms with Crippen LogP contribution in [0.25, 0.3) is 0 Å². The van der Waals surface area contributed by atoms with Crippen LogP contribution in [0.4, 0.5) is 0 Å². The molecule has 20 heavy (non-hydrogen) atoms. The molecule has 0 amide bonds. The number of hydrogen-bond acceptors (Lipinski definition) is 5. The van der Waals surface area contributed by atoms with Crippen molar-refractivity contribution >= 4 is 11.9 Å². The van der Waals surface area contributed by atoms with Crippen molar-refractivity contribution < 1.29 is 23.8 Å². The second-order valence-corrected chi connectivity index (χ2v) is 6.43. The minimum absolute atomic E-state index is 0.0526. The van der Waals surface area contributed by atoms with E-state index in [0.717, 1.165) is 19.3 Å². The lowest BCUT2D eigenvalue weighted by Crippen LogP contribution is -2.47. The van der Waals surface area contributed by atoms with Gasteiger partial charge in [-0.3, -0.25) is 9.59 Å². The Hall–Kier alpha value is -1.10. The van der Waals surface area contributed by atoms with E-state index in [2.05, 4.69) is 0 Å². The molecular weight excluding hydrogens is 260 g/mol. The standard InChI is InChI=1S/C15H24O5/c1-9(16)18-8-19-15(3,4)13-11-5-6-12(7-11)14(13)20-10(2)17/h11-14H,5-8H2,1-4H3/t11-,12+,13-,14+/m1/s1. The maximum absolute atomic E-state index is 11.3. The van der Waals surface area contributed by atoms with Crippen molar-refractivity contribution in [3.8, 4) is 0 Å². The minimum atomic E-state index is -0.477. The third-order valence-corrected chi connectivity index (χ3v) is 4.64. The molecule has 2 aliphatic rings. The molecule has 2 fully saturated rings. The first-order valence-corrected chi connectivity index (χ1v) is 7.26. The topological polar surface area (TPSA) is 61.8 Å². The number of rotatable bonds is 5. The van der Waals surface area contributed by atoms with E-state index in [4.69, 9.17) is 14.2 Å². The zero-order valence-electron chi connectivity index (χ0n) is 12.7. The van der Waals surface area contributed by atoms with Gasteiger partial charge in [-0.25, -0.2) is 0 Å². The van der Waals surface area contributed by atoms with Crippen molar-refractivity contribution in [2.75, 3.05) is 6.79 Å². The van der Waals surface area contributed by atoms with Crippen molar-refractivity contribution in [3.05, 3.63) is 0 Å². The largest absolute Gasteiger partial charge is 0.462 e. The molecule has 0 heterocycles. The Morgan fingerprint density at radius 3 is 2.35 bits per heavy atom. The molecule has 114 valence electrons. The number of carbonyl (C=O) groups excluding carboxylic acids is 2. The van der Waals surface area contributed by atoms with Crippen LogP contribution in [0, 0.1) is 17.8 Å². The van der Waals surface area contributed by atoms with E-state index in [1.165, 1.54) is 13.8 Å². The SMILES string of the molecule is CC(=O)OCOC(C)(C)[C@@H]1[C@@H]2CC[C@@H](C2)[C@@H]1OC(C)=O. The van der Waals surface area contributed by atoms with Crippen molar-refractivity contribution in [1.29, 1.82) is 0 Å². The van der Waals surface area contributed by atoms with Crippen LogP contribution in [-0.2, 0) is 23.8 Å². The van der Waals surface area contributed by atoms with Crippen LogP contribution in [0.1, 0.15) is 47.0 Å². The summed E-state index contributed by atoms with van der Waals surface area (Å²) in [4.78, 5) is 22.1. The summed E-state index contributed by atoms with van der Waals surface area (Å²) in [7, 11) is 0. The van der Waals surface area contributed by atoms with Gasteiger partial charge in [-0.15, -0.1) is 0 Å². The normalized spacial score (nSPS) is 32.2. The highest BCUT2D eigenvalue weighted by atomic mass is 16.7. The third kappa shape index (κ3) is 3.14. The molecule has 0 N–H and O–H groups in total. The van der Waals surface area contributed by atoms with Gasteiger partial charge < -0.3 is 14.2 Å². The van der Waals surface area contributed by atoms with E-state index in [-0.39, 0.29) is 30.8 Å². The second-order valence-electron chi connectivity index (χ2n) is 6.43. The van der Waals surface area contributed by atoms with Gasteiger partial charge in [0, 0.05) is 19.8 Å². The van der Waals surface area contributed by atoms with E-state index in [1.807, 2.05) is 13.8 Å². The fourth-order valence-corrected chi connectivity index (χ4v) is 3.92. The van der Waals surface area contributed by atoms with Crippen LogP contribution in [0.15, 0.2) is 0 Å². The zero-order valence-corrected chi connectivity index (χ0v) is 12.7. The molecule has 0 radical (unpaired) electrons. The van der Waals surface area contributed by atoms with Crippen LogP contribution >= 0.6 is 0 Å². The van der Waals surface area contributed by atoms with Crippen LogP contribution in [-0.4, -0.2) is 30.4 Å². The van der Waals surface area contributed by atoms with E-state index >= 15 is 0 Å². The lowest BCUT2D eigenvalue weighted by molar-refractivity contribution is -0.190. The molecule has 2 rings (SSSR count). The maximum atomic E-state index is 11.3. The highest BCUT2D eigenvalue weighted by molar-refractivity contribution is 5.66. The highest BCUT2D eigenvalue weighted by Crippen LogP contribution is 2.54. The molecular formula is C15H24O5. The van der Waals surface area contributed by atoms with Crippen molar-refractivity contribution in [2.24, 2.45) is 17.8 Å². The summed E-state index contributed by atoms with van der Waals surface area (Å²) in [6, 6.07) is 0.